The fraction of sp³-hybridized carbons (Fsp3) is 0.130. The maximum Gasteiger partial charge on any atom is 0.294 e. The molecule has 10 heteroatoms. The van der Waals surface area contributed by atoms with E-state index in [0.717, 1.165) is 27.1 Å². The number of imide groups is 1. The second kappa shape index (κ2) is 10.1. The number of carbonyl (C=O) groups excluding carboxylic acids is 3. The molecular weight excluding hydrogens is 501 g/mol. The number of nitrogens with one attached hydrogen (secondary N) is 1. The van der Waals surface area contributed by atoms with Crippen molar-refractivity contribution in [1.29, 1.82) is 0 Å². The first-order valence-electron chi connectivity index (χ1n) is 9.79. The lowest BCUT2D eigenvalue weighted by Gasteiger charge is -2.11. The molecule has 2 aromatic carbocycles. The lowest BCUT2D eigenvalue weighted by Crippen LogP contribution is -2.36. The summed E-state index contributed by atoms with van der Waals surface area (Å²) in [5, 5.41) is 3.38. The van der Waals surface area contributed by atoms with Crippen molar-refractivity contribution in [3.63, 3.8) is 0 Å². The summed E-state index contributed by atoms with van der Waals surface area (Å²) in [6.45, 7) is 1.63. The molecule has 1 saturated heterocycles. The molecule has 3 amide bonds. The summed E-state index contributed by atoms with van der Waals surface area (Å²) in [5.74, 6) is -1.05. The number of nitrogens with zero attached hydrogens (tertiary/aromatic N) is 2. The molecule has 0 radical (unpaired) electrons. The van der Waals surface area contributed by atoms with Crippen molar-refractivity contribution in [2.45, 2.75) is 13.3 Å². The van der Waals surface area contributed by atoms with Crippen molar-refractivity contribution in [3.05, 3.63) is 85.2 Å². The van der Waals surface area contributed by atoms with E-state index in [1.54, 1.807) is 24.4 Å². The molecule has 4 rings (SSSR count). The molecule has 0 aliphatic carbocycles. The van der Waals surface area contributed by atoms with Gasteiger partial charge >= 0.3 is 0 Å². The molecule has 1 fully saturated rings. The van der Waals surface area contributed by atoms with Crippen LogP contribution in [-0.2, 0) is 16.0 Å². The van der Waals surface area contributed by atoms with Crippen molar-refractivity contribution in [2.24, 2.45) is 0 Å². The Morgan fingerprint density at radius 3 is 2.64 bits per heavy atom. The van der Waals surface area contributed by atoms with Crippen LogP contribution in [0.25, 0.3) is 6.08 Å². The van der Waals surface area contributed by atoms with Crippen LogP contribution in [0, 0.1) is 6.92 Å². The lowest BCUT2D eigenvalue weighted by molar-refractivity contribution is -0.127. The van der Waals surface area contributed by atoms with Gasteiger partial charge in [0.05, 0.1) is 4.91 Å². The predicted octanol–water partition coefficient (Wildman–Crippen LogP) is 6.02. The Morgan fingerprint density at radius 1 is 1.15 bits per heavy atom. The average molecular weight is 518 g/mol. The number of benzene rings is 2. The summed E-state index contributed by atoms with van der Waals surface area (Å²) in [4.78, 5) is 43.8. The van der Waals surface area contributed by atoms with Gasteiger partial charge in [-0.1, -0.05) is 59.1 Å². The molecule has 1 aliphatic rings. The normalized spacial score (nSPS) is 14.9. The van der Waals surface area contributed by atoms with E-state index in [0.29, 0.717) is 27.2 Å². The number of hydrogen-bond donors (Lipinski definition) is 1. The van der Waals surface area contributed by atoms with E-state index >= 15 is 0 Å². The van der Waals surface area contributed by atoms with Crippen LogP contribution in [-0.4, -0.2) is 33.5 Å². The zero-order chi connectivity index (χ0) is 23.5. The fourth-order valence-electron chi connectivity index (χ4n) is 3.05. The molecule has 168 valence electrons. The Bertz CT molecular complexity index is 1270. The van der Waals surface area contributed by atoms with Crippen molar-refractivity contribution in [2.75, 3.05) is 11.9 Å². The van der Waals surface area contributed by atoms with Gasteiger partial charge in [0, 0.05) is 27.5 Å². The number of amides is 3. The molecule has 0 spiro atoms. The predicted molar refractivity (Wildman–Crippen MR) is 134 cm³/mol. The Morgan fingerprint density at radius 2 is 1.91 bits per heavy atom. The molecular formula is C23H17Cl2N3O3S2. The Hall–Kier alpha value is -2.65. The van der Waals surface area contributed by atoms with E-state index in [1.807, 2.05) is 19.1 Å². The van der Waals surface area contributed by atoms with Crippen LogP contribution in [0.2, 0.25) is 10.0 Å². The number of aryl methyl sites for hydroxylation is 1. The minimum absolute atomic E-state index is 0.187. The second-order valence-electron chi connectivity index (χ2n) is 7.28. The standard InChI is InChI=1S/C23H17Cl2N3O3S2/c1-13-2-4-14(5-3-13)8-17-11-26-22(32-17)27-20(29)12-28-21(30)19(33-23(28)31)9-15-6-7-16(24)10-18(15)25/h2-7,9-11H,8,12H2,1H3,(H,26,27,29)/b19-9-. The monoisotopic (exact) mass is 517 g/mol. The quantitative estimate of drug-likeness (QED) is 0.404. The number of hydrogen-bond acceptors (Lipinski definition) is 6. The van der Waals surface area contributed by atoms with Gasteiger partial charge in [0.1, 0.15) is 6.54 Å². The highest BCUT2D eigenvalue weighted by molar-refractivity contribution is 8.18. The first kappa shape index (κ1) is 23.5. The molecule has 2 heterocycles. The summed E-state index contributed by atoms with van der Waals surface area (Å²) in [7, 11) is 0. The first-order chi connectivity index (χ1) is 15.8. The van der Waals surface area contributed by atoms with Crippen LogP contribution in [0.5, 0.6) is 0 Å². The Balaban J connectivity index is 1.38. The third-order valence-corrected chi connectivity index (χ3v) is 7.11. The number of aromatic nitrogens is 1. The summed E-state index contributed by atoms with van der Waals surface area (Å²) >= 11 is 14.1. The molecule has 33 heavy (non-hydrogen) atoms. The van der Waals surface area contributed by atoms with E-state index < -0.39 is 23.6 Å². The van der Waals surface area contributed by atoms with Gasteiger partial charge in [-0.05, 0) is 48.0 Å². The molecule has 0 atom stereocenters. The topological polar surface area (TPSA) is 79.4 Å². The number of thiazole rings is 1. The SMILES string of the molecule is Cc1ccc(Cc2cnc(NC(=O)CN3C(=O)S/C(=C\c4ccc(Cl)cc4Cl)C3=O)s2)cc1. The van der Waals surface area contributed by atoms with E-state index in [9.17, 15) is 14.4 Å². The van der Waals surface area contributed by atoms with Gasteiger partial charge < -0.3 is 5.32 Å². The van der Waals surface area contributed by atoms with Crippen molar-refractivity contribution < 1.29 is 14.4 Å². The van der Waals surface area contributed by atoms with E-state index in [2.05, 4.69) is 22.4 Å². The van der Waals surface area contributed by atoms with E-state index in [-0.39, 0.29) is 4.91 Å². The Labute approximate surface area is 208 Å². The van der Waals surface area contributed by atoms with Gasteiger partial charge in [-0.2, -0.15) is 0 Å². The average Bonchev–Trinajstić information content (AvgIpc) is 3.30. The molecule has 0 unspecified atom stereocenters. The van der Waals surface area contributed by atoms with Crippen LogP contribution in [0.15, 0.2) is 53.6 Å². The van der Waals surface area contributed by atoms with Gasteiger partial charge in [-0.3, -0.25) is 19.3 Å². The molecule has 0 saturated carbocycles. The minimum atomic E-state index is -0.551. The third kappa shape index (κ3) is 5.83. The third-order valence-electron chi connectivity index (χ3n) is 4.72. The van der Waals surface area contributed by atoms with Gasteiger partial charge in [0.2, 0.25) is 5.91 Å². The van der Waals surface area contributed by atoms with Crippen LogP contribution in [0.1, 0.15) is 21.6 Å². The van der Waals surface area contributed by atoms with Crippen molar-refractivity contribution >= 4 is 74.6 Å². The van der Waals surface area contributed by atoms with Gasteiger partial charge in [-0.25, -0.2) is 4.98 Å². The van der Waals surface area contributed by atoms with Gasteiger partial charge in [0.15, 0.2) is 5.13 Å². The summed E-state index contributed by atoms with van der Waals surface area (Å²) in [6.07, 6.45) is 3.92. The second-order valence-corrected chi connectivity index (χ2v) is 10.2. The molecule has 0 bridgehead atoms. The molecule has 1 aromatic heterocycles. The largest absolute Gasteiger partial charge is 0.300 e. The number of halogens is 2. The van der Waals surface area contributed by atoms with Crippen LogP contribution in [0.3, 0.4) is 0 Å². The maximum absolute atomic E-state index is 12.7. The van der Waals surface area contributed by atoms with Gasteiger partial charge in [0.25, 0.3) is 11.1 Å². The smallest absolute Gasteiger partial charge is 0.294 e. The lowest BCUT2D eigenvalue weighted by atomic mass is 10.1. The summed E-state index contributed by atoms with van der Waals surface area (Å²) in [6, 6.07) is 13.0. The highest BCUT2D eigenvalue weighted by atomic mass is 35.5. The van der Waals surface area contributed by atoms with Gasteiger partial charge in [-0.15, -0.1) is 11.3 Å². The van der Waals surface area contributed by atoms with E-state index in [4.69, 9.17) is 23.2 Å². The molecule has 1 aliphatic heterocycles. The van der Waals surface area contributed by atoms with Crippen molar-refractivity contribution in [1.82, 2.24) is 9.88 Å². The molecule has 3 aromatic rings. The van der Waals surface area contributed by atoms with Crippen LogP contribution in [0.4, 0.5) is 9.93 Å². The van der Waals surface area contributed by atoms with E-state index in [1.165, 1.54) is 23.0 Å². The zero-order valence-electron chi connectivity index (χ0n) is 17.3. The highest BCUT2D eigenvalue weighted by Gasteiger charge is 2.36. The Kier molecular flexibility index (Phi) is 7.19. The highest BCUT2D eigenvalue weighted by Crippen LogP contribution is 2.34. The molecule has 1 N–H and O–H groups in total. The van der Waals surface area contributed by atoms with Crippen LogP contribution >= 0.6 is 46.3 Å². The number of carbonyl (C=O) groups is 3. The summed E-state index contributed by atoms with van der Waals surface area (Å²) in [5.41, 5.74) is 2.89. The fourth-order valence-corrected chi connectivity index (χ4v) is 5.21. The maximum atomic E-state index is 12.7. The first-order valence-corrected chi connectivity index (χ1v) is 12.2. The molecule has 6 nitrogen and oxygen atoms in total. The number of anilines is 1. The number of rotatable bonds is 6. The van der Waals surface area contributed by atoms with Crippen LogP contribution < -0.4 is 5.32 Å². The minimum Gasteiger partial charge on any atom is -0.300 e. The summed E-state index contributed by atoms with van der Waals surface area (Å²) < 4.78 is 0. The van der Waals surface area contributed by atoms with Crippen molar-refractivity contribution in [3.8, 4) is 0 Å². The number of thioether (sulfide) groups is 1. The zero-order valence-corrected chi connectivity index (χ0v) is 20.4.